The Hall–Kier alpha value is -3.24. The highest BCUT2D eigenvalue weighted by Crippen LogP contribution is 2.69. The van der Waals surface area contributed by atoms with Crippen LogP contribution in [0.5, 0.6) is 0 Å². The highest BCUT2D eigenvalue weighted by Gasteiger charge is 2.65. The van der Waals surface area contributed by atoms with Gasteiger partial charge in [0.25, 0.3) is 0 Å². The fourth-order valence-corrected chi connectivity index (χ4v) is 9.16. The third-order valence-electron chi connectivity index (χ3n) is 11.1. The number of carbonyl (C=O) groups is 2. The molecule has 7 heteroatoms. The largest absolute Gasteiger partial charge is 0.458 e. The first kappa shape index (κ1) is 28.9. The zero-order valence-corrected chi connectivity index (χ0v) is 25.1. The molecule has 2 saturated carbocycles. The van der Waals surface area contributed by atoms with Crippen LogP contribution in [0.25, 0.3) is 0 Å². The Morgan fingerprint density at radius 1 is 1.12 bits per heavy atom. The second-order valence-corrected chi connectivity index (χ2v) is 13.0. The maximum Gasteiger partial charge on any atom is 0.303 e. The molecule has 7 nitrogen and oxygen atoms in total. The number of hydrogen-bond acceptors (Lipinski definition) is 7. The maximum atomic E-state index is 14.0. The Balaban J connectivity index is 1.45. The summed E-state index contributed by atoms with van der Waals surface area (Å²) in [6.07, 6.45) is 8.14. The lowest BCUT2D eigenvalue weighted by Crippen LogP contribution is -2.51. The van der Waals surface area contributed by atoms with Gasteiger partial charge < -0.3 is 14.4 Å². The van der Waals surface area contributed by atoms with Gasteiger partial charge in [0.15, 0.2) is 12.4 Å². The molecule has 42 heavy (non-hydrogen) atoms. The van der Waals surface area contributed by atoms with Crippen molar-refractivity contribution in [1.29, 1.82) is 0 Å². The molecule has 0 radical (unpaired) electrons. The van der Waals surface area contributed by atoms with Gasteiger partial charge in [-0.05, 0) is 98.0 Å². The average molecular weight is 571 g/mol. The second-order valence-electron chi connectivity index (χ2n) is 13.0. The Bertz CT molecular complexity index is 1380. The van der Waals surface area contributed by atoms with E-state index in [2.05, 4.69) is 59.2 Å². The Morgan fingerprint density at radius 3 is 2.57 bits per heavy atom. The number of ether oxygens (including phenoxy) is 2. The zero-order chi connectivity index (χ0) is 29.5. The van der Waals surface area contributed by atoms with Gasteiger partial charge in [0.2, 0.25) is 0 Å². The minimum absolute atomic E-state index is 0.0662. The summed E-state index contributed by atoms with van der Waals surface area (Å²) in [6.45, 7) is 8.50. The van der Waals surface area contributed by atoms with E-state index in [4.69, 9.17) is 9.47 Å². The molecule has 5 aliphatic rings. The summed E-state index contributed by atoms with van der Waals surface area (Å²) < 4.78 is 10.8. The van der Waals surface area contributed by atoms with Crippen LogP contribution < -0.4 is 4.90 Å². The van der Waals surface area contributed by atoms with Gasteiger partial charge in [-0.3, -0.25) is 9.59 Å². The highest BCUT2D eigenvalue weighted by molar-refractivity contribution is 5.91. The van der Waals surface area contributed by atoms with Gasteiger partial charge in [0, 0.05) is 31.6 Å². The molecule has 6 rings (SSSR count). The van der Waals surface area contributed by atoms with Gasteiger partial charge in [0.05, 0.1) is 18.6 Å². The molecule has 4 aliphatic carbocycles. The number of rotatable bonds is 6. The molecule has 0 amide bonds. The van der Waals surface area contributed by atoms with Crippen molar-refractivity contribution in [2.75, 3.05) is 37.8 Å². The number of nitroso groups, excluding NO2 is 1. The van der Waals surface area contributed by atoms with Gasteiger partial charge in [-0.25, -0.2) is 0 Å². The SMILES string of the molecule is CC#C[C@]1(C(=O)COC(C)=O)CC[C@H]2[C@@H]3CCC4=CC(N=O)CCC4=C3C(c3ccc(N4CCOCC4)cc3)C[C@@]21C. The summed E-state index contributed by atoms with van der Waals surface area (Å²) in [5.41, 5.74) is 5.53. The summed E-state index contributed by atoms with van der Waals surface area (Å²) in [5.74, 6) is 6.84. The van der Waals surface area contributed by atoms with E-state index in [1.54, 1.807) is 0 Å². The second kappa shape index (κ2) is 11.4. The van der Waals surface area contributed by atoms with E-state index in [0.717, 1.165) is 64.8 Å². The van der Waals surface area contributed by atoms with E-state index in [9.17, 15) is 14.5 Å². The number of hydrogen-bond donors (Lipinski definition) is 0. The molecule has 6 atom stereocenters. The summed E-state index contributed by atoms with van der Waals surface area (Å²) in [6, 6.07) is 8.80. The van der Waals surface area contributed by atoms with Crippen molar-refractivity contribution in [2.45, 2.75) is 77.7 Å². The van der Waals surface area contributed by atoms with Crippen LogP contribution in [0.15, 0.2) is 52.2 Å². The molecule has 1 aromatic carbocycles. The van der Waals surface area contributed by atoms with Crippen molar-refractivity contribution < 1.29 is 19.1 Å². The molecule has 0 bridgehead atoms. The molecular formula is C35H42N2O5. The van der Waals surface area contributed by atoms with E-state index in [-0.39, 0.29) is 29.8 Å². The quantitative estimate of drug-likeness (QED) is 0.232. The number of nitrogens with zero attached hydrogens (tertiary/aromatic N) is 2. The third-order valence-corrected chi connectivity index (χ3v) is 11.1. The molecule has 0 N–H and O–H groups in total. The highest BCUT2D eigenvalue weighted by atomic mass is 16.5. The lowest BCUT2D eigenvalue weighted by molar-refractivity contribution is -0.150. The number of anilines is 1. The first-order valence-corrected chi connectivity index (χ1v) is 15.6. The molecule has 3 fully saturated rings. The smallest absolute Gasteiger partial charge is 0.303 e. The average Bonchev–Trinajstić information content (AvgIpc) is 3.32. The van der Waals surface area contributed by atoms with E-state index in [1.807, 2.05) is 6.92 Å². The van der Waals surface area contributed by atoms with Gasteiger partial charge in [0.1, 0.15) is 6.04 Å². The lowest BCUT2D eigenvalue weighted by atomic mass is 9.48. The van der Waals surface area contributed by atoms with Crippen molar-refractivity contribution >= 4 is 17.4 Å². The number of carbonyl (C=O) groups excluding carboxylic acids is 2. The van der Waals surface area contributed by atoms with Gasteiger partial charge in [-0.1, -0.05) is 41.8 Å². The van der Waals surface area contributed by atoms with Crippen LogP contribution in [0.1, 0.15) is 77.2 Å². The third kappa shape index (κ3) is 4.72. The van der Waals surface area contributed by atoms with Gasteiger partial charge in [-0.2, -0.15) is 4.91 Å². The van der Waals surface area contributed by atoms with Crippen molar-refractivity contribution in [1.82, 2.24) is 0 Å². The predicted molar refractivity (Wildman–Crippen MR) is 162 cm³/mol. The Kier molecular flexibility index (Phi) is 7.87. The van der Waals surface area contributed by atoms with Crippen molar-refractivity contribution in [3.63, 3.8) is 0 Å². The van der Waals surface area contributed by atoms with E-state index >= 15 is 0 Å². The van der Waals surface area contributed by atoms with Crippen LogP contribution in [-0.2, 0) is 19.1 Å². The first-order valence-electron chi connectivity index (χ1n) is 15.6. The summed E-state index contributed by atoms with van der Waals surface area (Å²) in [7, 11) is 0. The van der Waals surface area contributed by atoms with Crippen molar-refractivity contribution in [3.05, 3.63) is 57.5 Å². The number of benzene rings is 1. The Morgan fingerprint density at radius 2 is 1.88 bits per heavy atom. The molecule has 0 aromatic heterocycles. The standard InChI is InChI=1S/C35H42N2O5/c1-4-14-35(32(39)22-42-23(2)38)15-13-31-29-11-7-25-20-26(36-40)8-12-28(25)33(29)30(21-34(31,35)3)24-5-9-27(10-6-24)37-16-18-41-19-17-37/h5-6,9-10,20,26,29-31H,7-8,11-13,15-19,21-22H2,1-3H3/t26?,29-,30?,31-,34-,35+/m0/s1. The fourth-order valence-electron chi connectivity index (χ4n) is 9.16. The normalized spacial score (nSPS) is 33.8. The molecule has 1 saturated heterocycles. The summed E-state index contributed by atoms with van der Waals surface area (Å²) in [5, 5.41) is 3.38. The Labute approximate surface area is 249 Å². The molecule has 1 aromatic rings. The summed E-state index contributed by atoms with van der Waals surface area (Å²) >= 11 is 0. The van der Waals surface area contributed by atoms with Crippen LogP contribution in [0, 0.1) is 39.4 Å². The van der Waals surface area contributed by atoms with Gasteiger partial charge >= 0.3 is 5.97 Å². The number of Topliss-reactive ketones (excluding diaryl/α,β-unsaturated/α-hetero) is 1. The van der Waals surface area contributed by atoms with Crippen LogP contribution in [0.2, 0.25) is 0 Å². The molecule has 222 valence electrons. The van der Waals surface area contributed by atoms with Crippen LogP contribution in [0.4, 0.5) is 5.69 Å². The molecule has 2 unspecified atom stereocenters. The fraction of sp³-hybridized carbons (Fsp3) is 0.600. The van der Waals surface area contributed by atoms with E-state index < -0.39 is 11.4 Å². The number of ketones is 1. The minimum atomic E-state index is -0.848. The van der Waals surface area contributed by atoms with E-state index in [0.29, 0.717) is 18.3 Å². The van der Waals surface area contributed by atoms with E-state index in [1.165, 1.54) is 34.9 Å². The van der Waals surface area contributed by atoms with Crippen LogP contribution in [0.3, 0.4) is 0 Å². The number of morpholine rings is 1. The van der Waals surface area contributed by atoms with Crippen LogP contribution >= 0.6 is 0 Å². The predicted octanol–water partition coefficient (Wildman–Crippen LogP) is 6.13. The molecule has 1 aliphatic heterocycles. The molecular weight excluding hydrogens is 528 g/mol. The number of fused-ring (bicyclic) bond motifs is 4. The van der Waals surface area contributed by atoms with Gasteiger partial charge in [-0.15, -0.1) is 5.92 Å². The molecule has 0 spiro atoms. The van der Waals surface area contributed by atoms with Crippen molar-refractivity contribution in [3.8, 4) is 11.8 Å². The molecule has 1 heterocycles. The summed E-state index contributed by atoms with van der Waals surface area (Å²) in [4.78, 5) is 39.5. The zero-order valence-electron chi connectivity index (χ0n) is 25.1. The van der Waals surface area contributed by atoms with Crippen molar-refractivity contribution in [2.24, 2.45) is 27.8 Å². The topological polar surface area (TPSA) is 85.3 Å². The monoisotopic (exact) mass is 570 g/mol. The first-order chi connectivity index (χ1) is 20.3. The lowest BCUT2D eigenvalue weighted by Gasteiger charge is -2.54. The number of allylic oxidation sites excluding steroid dienone is 3. The number of esters is 1. The minimum Gasteiger partial charge on any atom is -0.458 e. The maximum absolute atomic E-state index is 14.0. The van der Waals surface area contributed by atoms with Crippen LogP contribution in [-0.4, -0.2) is 50.7 Å².